The first-order valence-electron chi connectivity index (χ1n) is 7.63. The SMILES string of the molecule is O=C(c1ccc[nH]1)N1CCCN(C(=O)c2ccccc2Cl)CC1. The van der Waals surface area contributed by atoms with Gasteiger partial charge in [0, 0.05) is 32.4 Å². The second-order valence-corrected chi connectivity index (χ2v) is 5.91. The normalized spacial score (nSPS) is 15.3. The van der Waals surface area contributed by atoms with E-state index in [1.165, 1.54) is 0 Å². The van der Waals surface area contributed by atoms with Crippen LogP contribution in [0.1, 0.15) is 27.3 Å². The molecular weight excluding hydrogens is 314 g/mol. The molecule has 1 aliphatic heterocycles. The van der Waals surface area contributed by atoms with Gasteiger partial charge in [-0.25, -0.2) is 0 Å². The number of aromatic amines is 1. The van der Waals surface area contributed by atoms with Crippen LogP contribution >= 0.6 is 11.6 Å². The summed E-state index contributed by atoms with van der Waals surface area (Å²) >= 11 is 6.11. The van der Waals surface area contributed by atoms with E-state index < -0.39 is 0 Å². The first-order chi connectivity index (χ1) is 11.2. The molecule has 0 atom stereocenters. The maximum atomic E-state index is 12.6. The topological polar surface area (TPSA) is 56.4 Å². The van der Waals surface area contributed by atoms with Crippen LogP contribution in [-0.2, 0) is 0 Å². The molecule has 0 bridgehead atoms. The summed E-state index contributed by atoms with van der Waals surface area (Å²) in [6.45, 7) is 2.30. The number of nitrogens with zero attached hydrogens (tertiary/aromatic N) is 2. The number of amides is 2. The van der Waals surface area contributed by atoms with E-state index in [1.807, 2.05) is 0 Å². The summed E-state index contributed by atoms with van der Waals surface area (Å²) in [5.41, 5.74) is 1.09. The maximum absolute atomic E-state index is 12.6. The van der Waals surface area contributed by atoms with Gasteiger partial charge in [-0.15, -0.1) is 0 Å². The minimum atomic E-state index is -0.0789. The van der Waals surface area contributed by atoms with Crippen molar-refractivity contribution in [3.63, 3.8) is 0 Å². The third-order valence-electron chi connectivity index (χ3n) is 4.00. The lowest BCUT2D eigenvalue weighted by atomic mass is 10.2. The minimum absolute atomic E-state index is 0.0259. The lowest BCUT2D eigenvalue weighted by Crippen LogP contribution is -2.37. The van der Waals surface area contributed by atoms with Gasteiger partial charge in [0.2, 0.25) is 0 Å². The molecule has 3 rings (SSSR count). The Hall–Kier alpha value is -2.27. The van der Waals surface area contributed by atoms with Gasteiger partial charge in [-0.05, 0) is 30.7 Å². The number of aromatic nitrogens is 1. The molecule has 2 heterocycles. The highest BCUT2D eigenvalue weighted by Gasteiger charge is 2.24. The Labute approximate surface area is 139 Å². The highest BCUT2D eigenvalue weighted by atomic mass is 35.5. The smallest absolute Gasteiger partial charge is 0.270 e. The van der Waals surface area contributed by atoms with Crippen LogP contribution in [0.25, 0.3) is 0 Å². The van der Waals surface area contributed by atoms with Gasteiger partial charge in [0.05, 0.1) is 10.6 Å². The van der Waals surface area contributed by atoms with E-state index >= 15 is 0 Å². The van der Waals surface area contributed by atoms with E-state index in [-0.39, 0.29) is 11.8 Å². The van der Waals surface area contributed by atoms with Gasteiger partial charge < -0.3 is 14.8 Å². The van der Waals surface area contributed by atoms with Crippen molar-refractivity contribution >= 4 is 23.4 Å². The van der Waals surface area contributed by atoms with Gasteiger partial charge in [0.25, 0.3) is 11.8 Å². The molecule has 0 saturated carbocycles. The van der Waals surface area contributed by atoms with Crippen molar-refractivity contribution in [3.05, 3.63) is 58.9 Å². The van der Waals surface area contributed by atoms with Crippen molar-refractivity contribution in [2.75, 3.05) is 26.2 Å². The predicted octanol–water partition coefficient (Wildman–Crippen LogP) is 2.66. The summed E-state index contributed by atoms with van der Waals surface area (Å²) in [6, 6.07) is 10.6. The first-order valence-corrected chi connectivity index (χ1v) is 8.01. The number of H-pyrrole nitrogens is 1. The Kier molecular flexibility index (Phi) is 4.67. The number of hydrogen-bond acceptors (Lipinski definition) is 2. The van der Waals surface area contributed by atoms with E-state index in [4.69, 9.17) is 11.6 Å². The molecule has 1 saturated heterocycles. The summed E-state index contributed by atoms with van der Waals surface area (Å²) in [7, 11) is 0. The minimum Gasteiger partial charge on any atom is -0.357 e. The van der Waals surface area contributed by atoms with Crippen molar-refractivity contribution in [1.29, 1.82) is 0 Å². The van der Waals surface area contributed by atoms with Crippen LogP contribution in [0.4, 0.5) is 0 Å². The van der Waals surface area contributed by atoms with Crippen molar-refractivity contribution < 1.29 is 9.59 Å². The molecule has 1 aromatic carbocycles. The number of hydrogen-bond donors (Lipinski definition) is 1. The summed E-state index contributed by atoms with van der Waals surface area (Å²) in [5.74, 6) is -0.105. The molecule has 0 spiro atoms. The average molecular weight is 332 g/mol. The van der Waals surface area contributed by atoms with Crippen LogP contribution in [0.3, 0.4) is 0 Å². The molecule has 23 heavy (non-hydrogen) atoms. The van der Waals surface area contributed by atoms with Gasteiger partial charge in [-0.1, -0.05) is 23.7 Å². The number of carbonyl (C=O) groups excluding carboxylic acids is 2. The van der Waals surface area contributed by atoms with Gasteiger partial charge in [-0.3, -0.25) is 9.59 Å². The van der Waals surface area contributed by atoms with Crippen LogP contribution in [0.5, 0.6) is 0 Å². The molecule has 0 aliphatic carbocycles. The van der Waals surface area contributed by atoms with Crippen molar-refractivity contribution in [1.82, 2.24) is 14.8 Å². The number of benzene rings is 1. The Balaban J connectivity index is 1.68. The van der Waals surface area contributed by atoms with Gasteiger partial charge in [0.1, 0.15) is 5.69 Å². The third-order valence-corrected chi connectivity index (χ3v) is 4.33. The van der Waals surface area contributed by atoms with Crippen LogP contribution < -0.4 is 0 Å². The van der Waals surface area contributed by atoms with Crippen molar-refractivity contribution in [2.45, 2.75) is 6.42 Å². The molecule has 2 aromatic rings. The molecule has 1 aliphatic rings. The van der Waals surface area contributed by atoms with Crippen LogP contribution in [0.15, 0.2) is 42.6 Å². The van der Waals surface area contributed by atoms with Crippen LogP contribution in [-0.4, -0.2) is 52.8 Å². The van der Waals surface area contributed by atoms with E-state index in [0.29, 0.717) is 42.5 Å². The molecule has 120 valence electrons. The van der Waals surface area contributed by atoms with Crippen LogP contribution in [0.2, 0.25) is 5.02 Å². The van der Waals surface area contributed by atoms with Crippen LogP contribution in [0, 0.1) is 0 Å². The Morgan fingerprint density at radius 1 is 0.913 bits per heavy atom. The van der Waals surface area contributed by atoms with Crippen molar-refractivity contribution in [3.8, 4) is 0 Å². The average Bonchev–Trinajstić information content (AvgIpc) is 2.98. The van der Waals surface area contributed by atoms with E-state index in [2.05, 4.69) is 4.98 Å². The molecular formula is C17H18ClN3O2. The van der Waals surface area contributed by atoms with Gasteiger partial charge in [-0.2, -0.15) is 0 Å². The second kappa shape index (κ2) is 6.87. The molecule has 1 aromatic heterocycles. The van der Waals surface area contributed by atoms with E-state index in [9.17, 15) is 9.59 Å². The Bertz CT molecular complexity index is 700. The fraction of sp³-hybridized carbons (Fsp3) is 0.294. The monoisotopic (exact) mass is 331 g/mol. The lowest BCUT2D eigenvalue weighted by Gasteiger charge is -2.22. The molecule has 0 radical (unpaired) electrons. The Morgan fingerprint density at radius 3 is 2.26 bits per heavy atom. The predicted molar refractivity (Wildman–Crippen MR) is 88.7 cm³/mol. The van der Waals surface area contributed by atoms with Crippen molar-refractivity contribution in [2.24, 2.45) is 0 Å². The Morgan fingerprint density at radius 2 is 1.61 bits per heavy atom. The third kappa shape index (κ3) is 3.40. The zero-order valence-corrected chi connectivity index (χ0v) is 13.4. The maximum Gasteiger partial charge on any atom is 0.270 e. The van der Waals surface area contributed by atoms with Gasteiger partial charge in [0.15, 0.2) is 0 Å². The zero-order valence-electron chi connectivity index (χ0n) is 12.7. The fourth-order valence-corrected chi connectivity index (χ4v) is 2.98. The number of halogens is 1. The zero-order chi connectivity index (χ0) is 16.2. The van der Waals surface area contributed by atoms with E-state index in [1.54, 1.807) is 52.4 Å². The summed E-state index contributed by atoms with van der Waals surface area (Å²) in [4.78, 5) is 31.5. The summed E-state index contributed by atoms with van der Waals surface area (Å²) < 4.78 is 0. The second-order valence-electron chi connectivity index (χ2n) is 5.50. The molecule has 1 fully saturated rings. The number of rotatable bonds is 2. The standard InChI is InChI=1S/C17H18ClN3O2/c18-14-6-2-1-5-13(14)16(22)20-9-4-10-21(12-11-20)17(23)15-7-3-8-19-15/h1-3,5-8,19H,4,9-12H2. The molecule has 0 unspecified atom stereocenters. The highest BCUT2D eigenvalue weighted by Crippen LogP contribution is 2.18. The molecule has 5 nitrogen and oxygen atoms in total. The molecule has 6 heteroatoms. The quantitative estimate of drug-likeness (QED) is 0.919. The summed E-state index contributed by atoms with van der Waals surface area (Å²) in [5, 5.41) is 0.459. The number of nitrogens with one attached hydrogen (secondary N) is 1. The van der Waals surface area contributed by atoms with E-state index in [0.717, 1.165) is 6.42 Å². The molecule has 1 N–H and O–H groups in total. The summed E-state index contributed by atoms with van der Waals surface area (Å²) in [6.07, 6.45) is 2.49. The fourth-order valence-electron chi connectivity index (χ4n) is 2.76. The lowest BCUT2D eigenvalue weighted by molar-refractivity contribution is 0.0716. The first kappa shape index (κ1) is 15.6. The number of carbonyl (C=O) groups is 2. The highest BCUT2D eigenvalue weighted by molar-refractivity contribution is 6.33. The van der Waals surface area contributed by atoms with Gasteiger partial charge >= 0.3 is 0 Å². The molecule has 2 amide bonds. The largest absolute Gasteiger partial charge is 0.357 e.